The number of hydrogen-bond donors (Lipinski definition) is 2. The van der Waals surface area contributed by atoms with Crippen LogP contribution in [0.2, 0.25) is 0 Å². The standard InChI is InChI=1S/2C21H22NP.2ClH/c2*1-17-13-14-19(18(2)15-17)16-23(22,20-9-5-3-6-10-20)21-11-7-4-8-12-21;;/h2*3-15,22H,16H2,1-2H3;2*1H. The van der Waals surface area contributed by atoms with Crippen molar-refractivity contribution in [3.8, 4) is 0 Å². The molecule has 6 rings (SSSR count). The van der Waals surface area contributed by atoms with Crippen LogP contribution in [0.25, 0.3) is 0 Å². The average Bonchev–Trinajstić information content (AvgIpc) is 3.09. The second-order valence-corrected chi connectivity index (χ2v) is 18.1. The van der Waals surface area contributed by atoms with Gasteiger partial charge in [-0.3, -0.25) is 0 Å². The zero-order valence-electron chi connectivity index (χ0n) is 28.1. The second-order valence-electron chi connectivity index (χ2n) is 12.1. The summed E-state index contributed by atoms with van der Waals surface area (Å²) in [5, 5.41) is 23.4. The summed E-state index contributed by atoms with van der Waals surface area (Å²) in [6.45, 7) is 8.55. The summed E-state index contributed by atoms with van der Waals surface area (Å²) in [5.74, 6) is 0. The van der Waals surface area contributed by atoms with Crippen LogP contribution in [-0.4, -0.2) is 0 Å². The van der Waals surface area contributed by atoms with Crippen LogP contribution in [-0.2, 0) is 12.3 Å². The molecule has 6 aromatic rings. The molecule has 0 saturated heterocycles. The fourth-order valence-corrected chi connectivity index (χ4v) is 11.7. The van der Waals surface area contributed by atoms with E-state index in [1.165, 1.54) is 33.4 Å². The maximum atomic E-state index is 9.40. The molecule has 0 aromatic heterocycles. The van der Waals surface area contributed by atoms with Gasteiger partial charge in [-0.2, -0.15) is 0 Å². The normalized spacial score (nSPS) is 10.9. The van der Waals surface area contributed by atoms with Crippen molar-refractivity contribution in [3.63, 3.8) is 0 Å². The van der Waals surface area contributed by atoms with E-state index in [0.717, 1.165) is 33.5 Å². The van der Waals surface area contributed by atoms with E-state index >= 15 is 0 Å². The molecule has 0 aliphatic rings. The van der Waals surface area contributed by atoms with Crippen molar-refractivity contribution in [2.75, 3.05) is 0 Å². The first-order valence-corrected chi connectivity index (χ1v) is 19.7. The van der Waals surface area contributed by atoms with Crippen LogP contribution < -0.4 is 21.2 Å². The average molecular weight is 712 g/mol. The molecule has 48 heavy (non-hydrogen) atoms. The zero-order valence-corrected chi connectivity index (χ0v) is 31.6. The van der Waals surface area contributed by atoms with Crippen LogP contribution in [0.1, 0.15) is 33.4 Å². The summed E-state index contributed by atoms with van der Waals surface area (Å²) in [6, 6.07) is 54.5. The number of hydrogen-bond acceptors (Lipinski definition) is 2. The third-order valence-electron chi connectivity index (χ3n) is 8.60. The molecule has 6 aromatic carbocycles. The van der Waals surface area contributed by atoms with Crippen molar-refractivity contribution < 1.29 is 0 Å². The smallest absolute Gasteiger partial charge is 0.0279 e. The van der Waals surface area contributed by atoms with Gasteiger partial charge in [-0.15, -0.1) is 24.8 Å². The van der Waals surface area contributed by atoms with E-state index < -0.39 is 14.1 Å². The topological polar surface area (TPSA) is 47.7 Å². The molecule has 6 heteroatoms. The highest BCUT2D eigenvalue weighted by Gasteiger charge is 2.24. The highest BCUT2D eigenvalue weighted by Crippen LogP contribution is 2.49. The lowest BCUT2D eigenvalue weighted by Crippen LogP contribution is -2.17. The van der Waals surface area contributed by atoms with Crippen molar-refractivity contribution in [1.82, 2.24) is 0 Å². The molecule has 0 radical (unpaired) electrons. The number of aryl methyl sites for hydroxylation is 4. The first kappa shape index (κ1) is 38.8. The van der Waals surface area contributed by atoms with E-state index in [1.54, 1.807) is 0 Å². The Morgan fingerprint density at radius 1 is 0.375 bits per heavy atom. The van der Waals surface area contributed by atoms with Gasteiger partial charge in [-0.1, -0.05) is 169 Å². The lowest BCUT2D eigenvalue weighted by molar-refractivity contribution is 1.26. The van der Waals surface area contributed by atoms with Gasteiger partial charge in [0.15, 0.2) is 0 Å². The number of halogens is 2. The van der Waals surface area contributed by atoms with Gasteiger partial charge in [-0.25, -0.2) is 0 Å². The minimum Gasteiger partial charge on any atom is -0.309 e. The molecule has 0 atom stereocenters. The molecule has 0 aliphatic heterocycles. The molecular weight excluding hydrogens is 665 g/mol. The molecule has 0 saturated carbocycles. The Labute approximate surface area is 300 Å². The van der Waals surface area contributed by atoms with Crippen molar-refractivity contribution >= 4 is 60.1 Å². The summed E-state index contributed by atoms with van der Waals surface area (Å²) < 4.78 is 0. The fourth-order valence-electron chi connectivity index (χ4n) is 5.95. The van der Waals surface area contributed by atoms with Gasteiger partial charge in [0.2, 0.25) is 0 Å². The maximum Gasteiger partial charge on any atom is 0.0279 e. The van der Waals surface area contributed by atoms with Crippen LogP contribution in [0.4, 0.5) is 0 Å². The molecule has 0 amide bonds. The molecule has 0 unspecified atom stereocenters. The Bertz CT molecular complexity index is 1750. The van der Waals surface area contributed by atoms with E-state index in [0.29, 0.717) is 0 Å². The first-order valence-electron chi connectivity index (χ1n) is 15.8. The Balaban J connectivity index is 0.000000250. The van der Waals surface area contributed by atoms with Crippen LogP contribution >= 0.6 is 38.9 Å². The molecule has 0 aliphatic carbocycles. The third-order valence-corrected chi connectivity index (χ3v) is 14.9. The monoisotopic (exact) mass is 710 g/mol. The second kappa shape index (κ2) is 17.7. The Morgan fingerprint density at radius 2 is 0.625 bits per heavy atom. The van der Waals surface area contributed by atoms with E-state index in [9.17, 15) is 10.3 Å². The van der Waals surface area contributed by atoms with E-state index in [2.05, 4.69) is 113 Å². The van der Waals surface area contributed by atoms with Crippen molar-refractivity contribution in [2.45, 2.75) is 40.0 Å². The minimum atomic E-state index is -2.19. The quantitative estimate of drug-likeness (QED) is 0.148. The largest absolute Gasteiger partial charge is 0.309 e. The predicted molar refractivity (Wildman–Crippen MR) is 217 cm³/mol. The molecule has 0 spiro atoms. The van der Waals surface area contributed by atoms with Gasteiger partial charge < -0.3 is 10.3 Å². The number of rotatable bonds is 8. The zero-order chi connectivity index (χ0) is 32.6. The number of nitrogens with one attached hydrogen (secondary N) is 2. The maximum absolute atomic E-state index is 9.40. The molecular formula is C42H46Cl2N2P2. The Kier molecular flexibility index (Phi) is 14.3. The molecule has 0 heterocycles. The van der Waals surface area contributed by atoms with Gasteiger partial charge in [-0.05, 0) is 71.2 Å². The van der Waals surface area contributed by atoms with Crippen molar-refractivity contribution in [1.29, 1.82) is 10.3 Å². The lowest BCUT2D eigenvalue weighted by atomic mass is 10.1. The van der Waals surface area contributed by atoms with E-state index in [-0.39, 0.29) is 24.8 Å². The van der Waals surface area contributed by atoms with E-state index in [1.807, 2.05) is 72.8 Å². The van der Waals surface area contributed by atoms with Crippen molar-refractivity contribution in [2.24, 2.45) is 0 Å². The Hall–Kier alpha value is -3.64. The summed E-state index contributed by atoms with van der Waals surface area (Å²) in [7, 11) is -4.38. The van der Waals surface area contributed by atoms with Crippen LogP contribution in [0, 0.1) is 38.0 Å². The van der Waals surface area contributed by atoms with Crippen LogP contribution in [0.3, 0.4) is 0 Å². The summed E-state index contributed by atoms with van der Waals surface area (Å²) in [4.78, 5) is 0. The molecule has 248 valence electrons. The SMILES string of the molecule is Cc1ccc(CP(=N)(c2ccccc2)c2ccccc2)c(C)c1.Cc1ccc(CP(=N)(c2ccccc2)c2ccccc2)c(C)c1.Cl.Cl. The van der Waals surface area contributed by atoms with E-state index in [4.69, 9.17) is 0 Å². The third kappa shape index (κ3) is 9.28. The summed E-state index contributed by atoms with van der Waals surface area (Å²) in [5.41, 5.74) is 7.69. The van der Waals surface area contributed by atoms with Crippen LogP contribution in [0.5, 0.6) is 0 Å². The van der Waals surface area contributed by atoms with Gasteiger partial charge in [0.05, 0.1) is 0 Å². The van der Waals surface area contributed by atoms with Gasteiger partial charge in [0.1, 0.15) is 0 Å². The first-order chi connectivity index (χ1) is 22.2. The molecule has 0 bridgehead atoms. The van der Waals surface area contributed by atoms with Gasteiger partial charge in [0.25, 0.3) is 0 Å². The highest BCUT2D eigenvalue weighted by atomic mass is 35.5. The highest BCUT2D eigenvalue weighted by molar-refractivity contribution is 7.79. The minimum absolute atomic E-state index is 0. The van der Waals surface area contributed by atoms with Crippen molar-refractivity contribution in [3.05, 3.63) is 191 Å². The Morgan fingerprint density at radius 3 is 0.854 bits per heavy atom. The van der Waals surface area contributed by atoms with Gasteiger partial charge in [0, 0.05) is 26.4 Å². The van der Waals surface area contributed by atoms with Gasteiger partial charge >= 0.3 is 0 Å². The summed E-state index contributed by atoms with van der Waals surface area (Å²) >= 11 is 0. The molecule has 2 nitrogen and oxygen atoms in total. The summed E-state index contributed by atoms with van der Waals surface area (Å²) in [6.07, 6.45) is 1.57. The lowest BCUT2D eigenvalue weighted by Gasteiger charge is -2.24. The van der Waals surface area contributed by atoms with Crippen LogP contribution in [0.15, 0.2) is 158 Å². The fraction of sp³-hybridized carbons (Fsp3) is 0.143. The number of benzene rings is 6. The molecule has 0 fully saturated rings. The predicted octanol–water partition coefficient (Wildman–Crippen LogP) is 11.3. The molecule has 2 N–H and O–H groups in total.